The van der Waals surface area contributed by atoms with Gasteiger partial charge in [0.1, 0.15) is 24.9 Å². The molecule has 2 heterocycles. The number of fused-ring (bicyclic) bond motifs is 1. The predicted molar refractivity (Wildman–Crippen MR) is 131 cm³/mol. The van der Waals surface area contributed by atoms with Gasteiger partial charge >= 0.3 is 11.9 Å². The lowest BCUT2D eigenvalue weighted by Crippen LogP contribution is -2.32. The quantitative estimate of drug-likeness (QED) is 0.351. The highest BCUT2D eigenvalue weighted by molar-refractivity contribution is 5.90. The molecule has 6 nitrogen and oxygen atoms in total. The lowest BCUT2D eigenvalue weighted by atomic mass is 10.0. The van der Waals surface area contributed by atoms with Crippen molar-refractivity contribution in [1.82, 2.24) is 4.98 Å². The molecule has 1 aliphatic heterocycles. The number of para-hydroxylation sites is 1. The van der Waals surface area contributed by atoms with Gasteiger partial charge in [-0.3, -0.25) is 4.98 Å². The first-order chi connectivity index (χ1) is 17.1. The largest absolute Gasteiger partial charge is 0.459 e. The van der Waals surface area contributed by atoms with Crippen molar-refractivity contribution in [2.75, 3.05) is 6.61 Å². The van der Waals surface area contributed by atoms with Crippen LogP contribution in [-0.2, 0) is 14.2 Å². The number of esters is 2. The van der Waals surface area contributed by atoms with E-state index >= 15 is 0 Å². The summed E-state index contributed by atoms with van der Waals surface area (Å²) in [5.74, 6) is -0.896. The van der Waals surface area contributed by atoms with Crippen molar-refractivity contribution in [2.24, 2.45) is 0 Å². The Morgan fingerprint density at radius 2 is 1.51 bits per heavy atom. The predicted octanol–water partition coefficient (Wildman–Crippen LogP) is 5.46. The first kappa shape index (κ1) is 22.7. The van der Waals surface area contributed by atoms with Gasteiger partial charge < -0.3 is 14.2 Å². The van der Waals surface area contributed by atoms with Gasteiger partial charge in [0.15, 0.2) is 0 Å². The highest BCUT2D eigenvalue weighted by atomic mass is 16.6. The molecule has 1 aromatic heterocycles. The number of rotatable bonds is 6. The van der Waals surface area contributed by atoms with E-state index in [2.05, 4.69) is 0 Å². The van der Waals surface area contributed by atoms with Crippen LogP contribution in [-0.4, -0.2) is 35.7 Å². The molecule has 0 bridgehead atoms. The van der Waals surface area contributed by atoms with Crippen LogP contribution in [0.2, 0.25) is 0 Å². The molecule has 0 N–H and O–H groups in total. The number of ether oxygens (including phenoxy) is 3. The molecule has 0 amide bonds. The number of hydrogen-bond donors (Lipinski definition) is 0. The molecule has 0 unspecified atom stereocenters. The van der Waals surface area contributed by atoms with Gasteiger partial charge in [-0.2, -0.15) is 0 Å². The third-order valence-electron chi connectivity index (χ3n) is 6.13. The van der Waals surface area contributed by atoms with Crippen LogP contribution in [0.3, 0.4) is 0 Å². The van der Waals surface area contributed by atoms with Gasteiger partial charge in [-0.25, -0.2) is 9.59 Å². The van der Waals surface area contributed by atoms with E-state index in [0.29, 0.717) is 17.5 Å². The number of carbonyl (C=O) groups excluding carboxylic acids is 2. The molecular formula is C29H25NO5. The summed E-state index contributed by atoms with van der Waals surface area (Å²) in [6, 6.07) is 27.5. The smallest absolute Gasteiger partial charge is 0.338 e. The lowest BCUT2D eigenvalue weighted by Gasteiger charge is -2.19. The van der Waals surface area contributed by atoms with E-state index in [0.717, 1.165) is 22.2 Å². The maximum atomic E-state index is 12.8. The fourth-order valence-corrected chi connectivity index (χ4v) is 4.31. The Kier molecular flexibility index (Phi) is 6.55. The number of benzene rings is 3. The molecule has 0 aliphatic carbocycles. The molecule has 0 saturated carbocycles. The summed E-state index contributed by atoms with van der Waals surface area (Å²) in [6.45, 7) is 2.00. The number of nitrogens with zero attached hydrogens (tertiary/aromatic N) is 1. The highest BCUT2D eigenvalue weighted by Gasteiger charge is 2.40. The Morgan fingerprint density at radius 3 is 2.23 bits per heavy atom. The van der Waals surface area contributed by atoms with Crippen molar-refractivity contribution >= 4 is 22.8 Å². The molecule has 176 valence electrons. The van der Waals surface area contributed by atoms with Crippen molar-refractivity contribution < 1.29 is 23.8 Å². The molecular weight excluding hydrogens is 442 g/mol. The summed E-state index contributed by atoms with van der Waals surface area (Å²) in [4.78, 5) is 30.1. The van der Waals surface area contributed by atoms with E-state index in [1.165, 1.54) is 0 Å². The Bertz CT molecular complexity index is 1340. The molecule has 0 radical (unpaired) electrons. The Morgan fingerprint density at radius 1 is 0.886 bits per heavy atom. The lowest BCUT2D eigenvalue weighted by molar-refractivity contribution is -0.0433. The minimum atomic E-state index is -0.617. The zero-order valence-corrected chi connectivity index (χ0v) is 19.3. The van der Waals surface area contributed by atoms with Crippen LogP contribution in [0.4, 0.5) is 0 Å². The molecule has 1 aliphatic rings. The van der Waals surface area contributed by atoms with Crippen molar-refractivity contribution in [3.05, 3.63) is 113 Å². The highest BCUT2D eigenvalue weighted by Crippen LogP contribution is 2.36. The van der Waals surface area contributed by atoms with Crippen LogP contribution in [0.5, 0.6) is 0 Å². The third-order valence-corrected chi connectivity index (χ3v) is 6.13. The minimum Gasteiger partial charge on any atom is -0.459 e. The maximum absolute atomic E-state index is 12.8. The fraction of sp³-hybridized carbons (Fsp3) is 0.207. The molecule has 0 spiro atoms. The normalized spacial score (nSPS) is 19.4. The summed E-state index contributed by atoms with van der Waals surface area (Å²) >= 11 is 0. The monoisotopic (exact) mass is 467 g/mol. The van der Waals surface area contributed by atoms with Gasteiger partial charge in [-0.15, -0.1) is 0 Å². The zero-order chi connectivity index (χ0) is 24.2. The van der Waals surface area contributed by atoms with Gasteiger partial charge in [-0.05, 0) is 48.9 Å². The van der Waals surface area contributed by atoms with Gasteiger partial charge in [0.2, 0.25) is 0 Å². The summed E-state index contributed by atoms with van der Waals surface area (Å²) in [5, 5.41) is 1.08. The number of pyridine rings is 1. The van der Waals surface area contributed by atoms with Gasteiger partial charge in [0.25, 0.3) is 0 Å². The van der Waals surface area contributed by atoms with E-state index in [4.69, 9.17) is 19.2 Å². The SMILES string of the molecule is Cc1cc([C@H]2C[C@H](OC(=O)c3ccccc3)[C@@H](COC(=O)c3ccccc3)O2)nc2ccccc12. The van der Waals surface area contributed by atoms with Gasteiger partial charge in [0, 0.05) is 11.8 Å². The number of hydrogen-bond acceptors (Lipinski definition) is 6. The van der Waals surface area contributed by atoms with Crippen molar-refractivity contribution in [1.29, 1.82) is 0 Å². The average Bonchev–Trinajstić information content (AvgIpc) is 3.30. The second kappa shape index (κ2) is 10.1. The second-order valence-corrected chi connectivity index (χ2v) is 8.55. The first-order valence-electron chi connectivity index (χ1n) is 11.6. The van der Waals surface area contributed by atoms with E-state index < -0.39 is 30.3 Å². The van der Waals surface area contributed by atoms with Crippen LogP contribution >= 0.6 is 0 Å². The Labute approximate surface area is 203 Å². The standard InChI is InChI=1S/C29H25NO5/c1-19-16-24(30-23-15-9-8-14-22(19)23)25-17-26(35-29(32)21-12-6-3-7-13-21)27(34-25)18-33-28(31)20-10-4-2-5-11-20/h2-16,25-27H,17-18H2,1H3/t25-,26+,27-/m1/s1. The Balaban J connectivity index is 1.36. The van der Waals surface area contributed by atoms with Crippen LogP contribution < -0.4 is 0 Å². The molecule has 1 fully saturated rings. The zero-order valence-electron chi connectivity index (χ0n) is 19.3. The van der Waals surface area contributed by atoms with Crippen LogP contribution in [0, 0.1) is 6.92 Å². The van der Waals surface area contributed by atoms with Gasteiger partial charge in [-0.1, -0.05) is 54.6 Å². The molecule has 3 atom stereocenters. The fourth-order valence-electron chi connectivity index (χ4n) is 4.31. The maximum Gasteiger partial charge on any atom is 0.338 e. The molecule has 4 aromatic rings. The van der Waals surface area contributed by atoms with Crippen molar-refractivity contribution in [3.63, 3.8) is 0 Å². The first-order valence-corrected chi connectivity index (χ1v) is 11.6. The van der Waals surface area contributed by atoms with Crippen LogP contribution in [0.15, 0.2) is 91.0 Å². The number of carbonyl (C=O) groups is 2. The third kappa shape index (κ3) is 5.08. The van der Waals surface area contributed by atoms with Crippen molar-refractivity contribution in [3.8, 4) is 0 Å². The minimum absolute atomic E-state index is 0.0382. The average molecular weight is 468 g/mol. The van der Waals surface area contributed by atoms with E-state index in [1.54, 1.807) is 48.5 Å². The van der Waals surface area contributed by atoms with Crippen molar-refractivity contribution in [2.45, 2.75) is 31.7 Å². The topological polar surface area (TPSA) is 74.7 Å². The summed E-state index contributed by atoms with van der Waals surface area (Å²) in [6.07, 6.45) is -1.19. The Hall–Kier alpha value is -4.03. The molecule has 1 saturated heterocycles. The summed E-state index contributed by atoms with van der Waals surface area (Å²) in [5.41, 5.74) is 3.63. The molecule has 35 heavy (non-hydrogen) atoms. The summed E-state index contributed by atoms with van der Waals surface area (Å²) < 4.78 is 17.6. The summed E-state index contributed by atoms with van der Waals surface area (Å²) in [7, 11) is 0. The number of aromatic nitrogens is 1. The molecule has 6 heteroatoms. The van der Waals surface area contributed by atoms with E-state index in [9.17, 15) is 9.59 Å². The van der Waals surface area contributed by atoms with Gasteiger partial charge in [0.05, 0.1) is 22.3 Å². The van der Waals surface area contributed by atoms with E-state index in [1.807, 2.05) is 49.4 Å². The number of aryl methyl sites for hydroxylation is 1. The molecule has 5 rings (SSSR count). The van der Waals surface area contributed by atoms with Crippen LogP contribution in [0.1, 0.15) is 44.5 Å². The van der Waals surface area contributed by atoms with Crippen LogP contribution in [0.25, 0.3) is 10.9 Å². The second-order valence-electron chi connectivity index (χ2n) is 8.55. The molecule has 3 aromatic carbocycles. The van der Waals surface area contributed by atoms with E-state index in [-0.39, 0.29) is 6.61 Å².